The van der Waals surface area contributed by atoms with Crippen molar-refractivity contribution in [2.24, 2.45) is 0 Å². The Morgan fingerprint density at radius 2 is 1.89 bits per heavy atom. The molecule has 0 aliphatic carbocycles. The minimum atomic E-state index is -4.39. The van der Waals surface area contributed by atoms with Gasteiger partial charge in [-0.25, -0.2) is 4.98 Å². The van der Waals surface area contributed by atoms with Crippen LogP contribution in [0.1, 0.15) is 12.5 Å². The zero-order valence-electron chi connectivity index (χ0n) is 15.2. The van der Waals surface area contributed by atoms with Gasteiger partial charge in [0.05, 0.1) is 11.6 Å². The van der Waals surface area contributed by atoms with E-state index in [0.29, 0.717) is 42.7 Å². The number of aromatic nitrogens is 1. The van der Waals surface area contributed by atoms with Crippen LogP contribution >= 0.6 is 11.6 Å². The van der Waals surface area contributed by atoms with Crippen LogP contribution in [0.15, 0.2) is 42.6 Å². The van der Waals surface area contributed by atoms with Crippen LogP contribution in [-0.2, 0) is 11.0 Å². The number of nitrogens with zero attached hydrogens (tertiary/aromatic N) is 3. The molecule has 1 aromatic carbocycles. The van der Waals surface area contributed by atoms with E-state index in [1.165, 1.54) is 6.07 Å². The lowest BCUT2D eigenvalue weighted by Crippen LogP contribution is -2.53. The molecule has 1 aliphatic heterocycles. The Labute approximate surface area is 166 Å². The normalized spacial score (nSPS) is 16.7. The first-order valence-electron chi connectivity index (χ1n) is 8.83. The average Bonchev–Trinajstić information content (AvgIpc) is 2.67. The summed E-state index contributed by atoms with van der Waals surface area (Å²) >= 11 is 5.93. The summed E-state index contributed by atoms with van der Waals surface area (Å²) in [5.41, 5.74) is -0.127. The van der Waals surface area contributed by atoms with Crippen LogP contribution in [0.2, 0.25) is 5.02 Å². The largest absolute Gasteiger partial charge is 0.417 e. The second-order valence-electron chi connectivity index (χ2n) is 6.60. The lowest BCUT2D eigenvalue weighted by Gasteiger charge is -2.38. The fourth-order valence-electron chi connectivity index (χ4n) is 3.06. The number of nitrogens with one attached hydrogen (secondary N) is 1. The molecule has 0 radical (unpaired) electrons. The maximum absolute atomic E-state index is 12.7. The molecule has 9 heteroatoms. The number of piperazine rings is 1. The summed E-state index contributed by atoms with van der Waals surface area (Å²) in [4.78, 5) is 20.4. The molecule has 0 spiro atoms. The second kappa shape index (κ2) is 8.36. The number of carbonyl (C=O) groups is 1. The lowest BCUT2D eigenvalue weighted by atomic mass is 10.2. The number of hydrogen-bond acceptors (Lipinski definition) is 4. The molecule has 1 atom stereocenters. The fraction of sp³-hybridized carbons (Fsp3) is 0.368. The minimum Gasteiger partial charge on any atom is -0.354 e. The Bertz CT molecular complexity index is 821. The van der Waals surface area contributed by atoms with Crippen molar-refractivity contribution < 1.29 is 18.0 Å². The second-order valence-corrected chi connectivity index (χ2v) is 7.04. The summed E-state index contributed by atoms with van der Waals surface area (Å²) in [6.07, 6.45) is -3.54. The van der Waals surface area contributed by atoms with Gasteiger partial charge in [0.25, 0.3) is 0 Å². The van der Waals surface area contributed by atoms with Gasteiger partial charge < -0.3 is 10.2 Å². The molecule has 150 valence electrons. The lowest BCUT2D eigenvalue weighted by molar-refractivity contribution is -0.137. The van der Waals surface area contributed by atoms with Crippen molar-refractivity contribution in [3.63, 3.8) is 0 Å². The highest BCUT2D eigenvalue weighted by atomic mass is 35.5. The van der Waals surface area contributed by atoms with Gasteiger partial charge in [-0.2, -0.15) is 13.2 Å². The van der Waals surface area contributed by atoms with Crippen LogP contribution in [0.4, 0.5) is 24.7 Å². The average molecular weight is 413 g/mol. The van der Waals surface area contributed by atoms with Crippen molar-refractivity contribution in [2.75, 3.05) is 36.4 Å². The highest BCUT2D eigenvalue weighted by molar-refractivity contribution is 6.30. The first-order chi connectivity index (χ1) is 13.2. The topological polar surface area (TPSA) is 48.5 Å². The van der Waals surface area contributed by atoms with Gasteiger partial charge in [0, 0.05) is 43.1 Å². The molecule has 1 amide bonds. The molecule has 0 saturated carbocycles. The van der Waals surface area contributed by atoms with E-state index in [9.17, 15) is 18.0 Å². The molecule has 1 fully saturated rings. The fourth-order valence-corrected chi connectivity index (χ4v) is 3.25. The van der Waals surface area contributed by atoms with Crippen molar-refractivity contribution in [3.05, 3.63) is 53.2 Å². The van der Waals surface area contributed by atoms with Gasteiger partial charge in [-0.3, -0.25) is 9.69 Å². The maximum Gasteiger partial charge on any atom is 0.417 e. The number of benzene rings is 1. The first-order valence-corrected chi connectivity index (χ1v) is 9.20. The van der Waals surface area contributed by atoms with Gasteiger partial charge in [-0.15, -0.1) is 0 Å². The van der Waals surface area contributed by atoms with Gasteiger partial charge in [-0.1, -0.05) is 17.7 Å². The van der Waals surface area contributed by atoms with E-state index in [0.717, 1.165) is 12.3 Å². The Morgan fingerprint density at radius 3 is 2.46 bits per heavy atom. The molecule has 5 nitrogen and oxygen atoms in total. The minimum absolute atomic E-state index is 0.136. The molecule has 0 bridgehead atoms. The molecular formula is C19H20ClF3N4O. The number of halogens is 4. The quantitative estimate of drug-likeness (QED) is 0.827. The third-order valence-corrected chi connectivity index (χ3v) is 4.97. The van der Waals surface area contributed by atoms with Crippen LogP contribution in [0.25, 0.3) is 0 Å². The summed E-state index contributed by atoms with van der Waals surface area (Å²) in [5, 5.41) is 3.39. The molecular weight excluding hydrogens is 393 g/mol. The van der Waals surface area contributed by atoms with Crippen LogP contribution in [0, 0.1) is 0 Å². The monoisotopic (exact) mass is 412 g/mol. The van der Waals surface area contributed by atoms with Crippen LogP contribution in [0.3, 0.4) is 0 Å². The summed E-state index contributed by atoms with van der Waals surface area (Å²) in [6.45, 7) is 4.19. The Balaban J connectivity index is 1.55. The van der Waals surface area contributed by atoms with Crippen LogP contribution in [-0.4, -0.2) is 48.0 Å². The van der Waals surface area contributed by atoms with Gasteiger partial charge in [0.15, 0.2) is 0 Å². The molecule has 1 aromatic heterocycles. The van der Waals surface area contributed by atoms with Gasteiger partial charge in [0.1, 0.15) is 5.82 Å². The highest BCUT2D eigenvalue weighted by Crippen LogP contribution is 2.29. The van der Waals surface area contributed by atoms with Crippen molar-refractivity contribution in [1.29, 1.82) is 0 Å². The molecule has 3 rings (SSSR count). The number of carbonyl (C=O) groups excluding carboxylic acids is 1. The first kappa shape index (κ1) is 20.4. The van der Waals surface area contributed by atoms with E-state index in [1.807, 2.05) is 16.7 Å². The molecule has 1 aliphatic rings. The summed E-state index contributed by atoms with van der Waals surface area (Å²) < 4.78 is 38.0. The molecule has 1 saturated heterocycles. The van der Waals surface area contributed by atoms with Gasteiger partial charge >= 0.3 is 6.18 Å². The number of rotatable bonds is 4. The maximum atomic E-state index is 12.7. The van der Waals surface area contributed by atoms with Crippen LogP contribution in [0.5, 0.6) is 0 Å². The Hall–Kier alpha value is -2.32. The number of alkyl halides is 3. The van der Waals surface area contributed by atoms with Crippen molar-refractivity contribution in [2.45, 2.75) is 19.1 Å². The molecule has 2 heterocycles. The Morgan fingerprint density at radius 1 is 1.18 bits per heavy atom. The zero-order chi connectivity index (χ0) is 20.3. The zero-order valence-corrected chi connectivity index (χ0v) is 16.0. The van der Waals surface area contributed by atoms with Gasteiger partial charge in [0.2, 0.25) is 5.91 Å². The predicted octanol–water partition coefficient (Wildman–Crippen LogP) is 3.90. The van der Waals surface area contributed by atoms with Crippen LogP contribution < -0.4 is 10.2 Å². The van der Waals surface area contributed by atoms with Crippen molar-refractivity contribution >= 4 is 29.0 Å². The molecule has 1 N–H and O–H groups in total. The third-order valence-electron chi connectivity index (χ3n) is 4.73. The standard InChI is InChI=1S/C19H20ClF3N4O/c1-13(18(28)25-16-4-2-3-15(20)11-16)26-7-9-27(10-8-26)17-6-5-14(12-24-17)19(21,22)23/h2-6,11-13H,7-10H2,1H3,(H,25,28)/t13-/m0/s1. The summed E-state index contributed by atoms with van der Waals surface area (Å²) in [5.74, 6) is 0.368. The Kier molecular flexibility index (Phi) is 6.10. The number of amides is 1. The van der Waals surface area contributed by atoms with E-state index >= 15 is 0 Å². The van der Waals surface area contributed by atoms with E-state index in [1.54, 1.807) is 24.3 Å². The highest BCUT2D eigenvalue weighted by Gasteiger charge is 2.31. The smallest absolute Gasteiger partial charge is 0.354 e. The van der Waals surface area contributed by atoms with E-state index in [-0.39, 0.29) is 11.9 Å². The van der Waals surface area contributed by atoms with E-state index in [2.05, 4.69) is 10.3 Å². The number of anilines is 2. The van der Waals surface area contributed by atoms with Gasteiger partial charge in [-0.05, 0) is 37.3 Å². The molecule has 0 unspecified atom stereocenters. The summed E-state index contributed by atoms with van der Waals surface area (Å²) in [6, 6.07) is 9.02. The summed E-state index contributed by atoms with van der Waals surface area (Å²) in [7, 11) is 0. The third kappa shape index (κ3) is 4.94. The van der Waals surface area contributed by atoms with Crippen molar-refractivity contribution in [3.8, 4) is 0 Å². The number of hydrogen-bond donors (Lipinski definition) is 1. The molecule has 28 heavy (non-hydrogen) atoms. The SMILES string of the molecule is C[C@@H](C(=O)Nc1cccc(Cl)c1)N1CCN(c2ccc(C(F)(F)F)cn2)CC1. The van der Waals surface area contributed by atoms with E-state index < -0.39 is 11.7 Å². The number of pyridine rings is 1. The van der Waals surface area contributed by atoms with Crippen molar-refractivity contribution in [1.82, 2.24) is 9.88 Å². The molecule has 2 aromatic rings. The predicted molar refractivity (Wildman–Crippen MR) is 103 cm³/mol. The van der Waals surface area contributed by atoms with E-state index in [4.69, 9.17) is 11.6 Å².